The molecule has 0 saturated heterocycles. The average Bonchev–Trinajstić information content (AvgIpc) is 2.78. The van der Waals surface area contributed by atoms with Crippen molar-refractivity contribution in [3.8, 4) is 0 Å². The lowest BCUT2D eigenvalue weighted by molar-refractivity contribution is 0.218. The first-order valence-corrected chi connectivity index (χ1v) is 6.66. The van der Waals surface area contributed by atoms with Crippen LogP contribution in [0.3, 0.4) is 0 Å². The first-order valence-electron chi connectivity index (χ1n) is 5.18. The molecule has 0 amide bonds. The minimum absolute atomic E-state index is 0.0646. The van der Waals surface area contributed by atoms with E-state index in [0.29, 0.717) is 0 Å². The Morgan fingerprint density at radius 3 is 2.69 bits per heavy atom. The van der Waals surface area contributed by atoms with E-state index in [1.165, 1.54) is 18.4 Å². The van der Waals surface area contributed by atoms with Gasteiger partial charge in [-0.05, 0) is 18.1 Å². The predicted molar refractivity (Wildman–Crippen MR) is 59.4 cm³/mol. The van der Waals surface area contributed by atoms with Crippen LogP contribution in [-0.2, 0) is 10.0 Å². The fraction of sp³-hybridized carbons (Fsp3) is 0.600. The van der Waals surface area contributed by atoms with E-state index in [1.54, 1.807) is 0 Å². The van der Waals surface area contributed by atoms with Crippen molar-refractivity contribution in [2.45, 2.75) is 31.4 Å². The third kappa shape index (κ3) is 3.07. The highest BCUT2D eigenvalue weighted by Crippen LogP contribution is 2.13. The summed E-state index contributed by atoms with van der Waals surface area (Å²) in [6.07, 6.45) is 2.08. The van der Waals surface area contributed by atoms with Crippen molar-refractivity contribution in [2.75, 3.05) is 6.61 Å². The number of hydrogen-bond acceptors (Lipinski definition) is 4. The molecule has 1 aromatic heterocycles. The standard InChI is InChI=1S/C10H17NO4S/c1-3-8(2)9(7-12)11-16(13,14)10-5-4-6-15-10/h4-6,8-9,11-12H,3,7H2,1-2H3/t8-,9+/m0/s1. The lowest BCUT2D eigenvalue weighted by Gasteiger charge is -2.21. The predicted octanol–water partition coefficient (Wildman–Crippen LogP) is 0.965. The van der Waals surface area contributed by atoms with Crippen molar-refractivity contribution in [3.05, 3.63) is 18.4 Å². The Labute approximate surface area is 95.5 Å². The van der Waals surface area contributed by atoms with Gasteiger partial charge in [-0.25, -0.2) is 13.1 Å². The lowest BCUT2D eigenvalue weighted by atomic mass is 10.0. The Bertz CT molecular complexity index is 398. The maximum atomic E-state index is 11.8. The fourth-order valence-electron chi connectivity index (χ4n) is 1.29. The number of aliphatic hydroxyl groups is 1. The molecule has 1 heterocycles. The summed E-state index contributed by atoms with van der Waals surface area (Å²) >= 11 is 0. The molecular formula is C10H17NO4S. The molecule has 1 rings (SSSR count). The molecule has 0 aliphatic rings. The van der Waals surface area contributed by atoms with Crippen LogP contribution in [0.2, 0.25) is 0 Å². The molecule has 6 heteroatoms. The minimum Gasteiger partial charge on any atom is -0.452 e. The van der Waals surface area contributed by atoms with Crippen molar-refractivity contribution in [2.24, 2.45) is 5.92 Å². The molecule has 0 aliphatic carbocycles. The van der Waals surface area contributed by atoms with Crippen LogP contribution in [0.15, 0.2) is 27.9 Å². The van der Waals surface area contributed by atoms with Gasteiger partial charge in [-0.1, -0.05) is 20.3 Å². The highest BCUT2D eigenvalue weighted by Gasteiger charge is 2.24. The summed E-state index contributed by atoms with van der Waals surface area (Å²) < 4.78 is 30.8. The van der Waals surface area contributed by atoms with Gasteiger partial charge in [0.2, 0.25) is 5.09 Å². The minimum atomic E-state index is -3.66. The number of hydrogen-bond donors (Lipinski definition) is 2. The second kappa shape index (κ2) is 5.47. The molecule has 0 spiro atoms. The molecule has 0 bridgehead atoms. The van der Waals surface area contributed by atoms with E-state index in [-0.39, 0.29) is 17.6 Å². The maximum Gasteiger partial charge on any atom is 0.274 e. The average molecular weight is 247 g/mol. The molecule has 92 valence electrons. The first kappa shape index (κ1) is 13.2. The van der Waals surface area contributed by atoms with Gasteiger partial charge in [-0.3, -0.25) is 0 Å². The van der Waals surface area contributed by atoms with Gasteiger partial charge in [0.1, 0.15) is 0 Å². The van der Waals surface area contributed by atoms with Crippen molar-refractivity contribution < 1.29 is 17.9 Å². The number of sulfonamides is 1. The summed E-state index contributed by atoms with van der Waals surface area (Å²) in [7, 11) is -3.66. The van der Waals surface area contributed by atoms with Crippen LogP contribution < -0.4 is 4.72 Å². The normalized spacial score (nSPS) is 15.9. The number of aliphatic hydroxyl groups excluding tert-OH is 1. The summed E-state index contributed by atoms with van der Waals surface area (Å²) in [5.74, 6) is 0.0646. The van der Waals surface area contributed by atoms with Gasteiger partial charge in [0, 0.05) is 6.04 Å². The summed E-state index contributed by atoms with van der Waals surface area (Å²) in [4.78, 5) is 0. The van der Waals surface area contributed by atoms with Crippen molar-refractivity contribution >= 4 is 10.0 Å². The zero-order valence-electron chi connectivity index (χ0n) is 9.38. The van der Waals surface area contributed by atoms with Gasteiger partial charge in [-0.15, -0.1) is 0 Å². The molecule has 2 N–H and O–H groups in total. The molecule has 16 heavy (non-hydrogen) atoms. The molecular weight excluding hydrogens is 230 g/mol. The Morgan fingerprint density at radius 2 is 2.25 bits per heavy atom. The van der Waals surface area contributed by atoms with Crippen LogP contribution in [0.4, 0.5) is 0 Å². The molecule has 1 aromatic rings. The monoisotopic (exact) mass is 247 g/mol. The highest BCUT2D eigenvalue weighted by molar-refractivity contribution is 7.89. The van der Waals surface area contributed by atoms with E-state index in [0.717, 1.165) is 6.42 Å². The van der Waals surface area contributed by atoms with Crippen LogP contribution in [-0.4, -0.2) is 26.2 Å². The second-order valence-corrected chi connectivity index (χ2v) is 5.37. The van der Waals surface area contributed by atoms with Gasteiger partial charge < -0.3 is 9.52 Å². The van der Waals surface area contributed by atoms with Crippen LogP contribution >= 0.6 is 0 Å². The van der Waals surface area contributed by atoms with Crippen molar-refractivity contribution in [1.29, 1.82) is 0 Å². The third-order valence-corrected chi connectivity index (χ3v) is 3.97. The van der Waals surface area contributed by atoms with E-state index in [2.05, 4.69) is 4.72 Å². The molecule has 0 radical (unpaired) electrons. The number of furan rings is 1. The van der Waals surface area contributed by atoms with Crippen LogP contribution in [0.25, 0.3) is 0 Å². The van der Waals surface area contributed by atoms with E-state index >= 15 is 0 Å². The molecule has 2 atom stereocenters. The maximum absolute atomic E-state index is 11.8. The molecule has 5 nitrogen and oxygen atoms in total. The van der Waals surface area contributed by atoms with Gasteiger partial charge in [0.05, 0.1) is 12.9 Å². The fourth-order valence-corrected chi connectivity index (χ4v) is 2.55. The smallest absolute Gasteiger partial charge is 0.274 e. The Balaban J connectivity index is 2.79. The number of nitrogens with one attached hydrogen (secondary N) is 1. The Hall–Kier alpha value is -0.850. The van der Waals surface area contributed by atoms with E-state index in [9.17, 15) is 8.42 Å². The van der Waals surface area contributed by atoms with E-state index < -0.39 is 16.1 Å². The molecule has 0 aliphatic heterocycles. The Kier molecular flexibility index (Phi) is 4.52. The summed E-state index contributed by atoms with van der Waals surface area (Å²) in [6, 6.07) is 2.39. The zero-order chi connectivity index (χ0) is 12.2. The van der Waals surface area contributed by atoms with Gasteiger partial charge in [-0.2, -0.15) is 0 Å². The quantitative estimate of drug-likeness (QED) is 0.785. The van der Waals surface area contributed by atoms with E-state index in [4.69, 9.17) is 9.52 Å². The lowest BCUT2D eigenvalue weighted by Crippen LogP contribution is -2.41. The van der Waals surface area contributed by atoms with Crippen molar-refractivity contribution in [1.82, 2.24) is 4.72 Å². The number of rotatable bonds is 6. The molecule has 0 aromatic carbocycles. The largest absolute Gasteiger partial charge is 0.452 e. The van der Waals surface area contributed by atoms with Gasteiger partial charge >= 0.3 is 0 Å². The van der Waals surface area contributed by atoms with E-state index in [1.807, 2.05) is 13.8 Å². The SMILES string of the molecule is CC[C@H](C)[C@@H](CO)NS(=O)(=O)c1ccco1. The summed E-state index contributed by atoms with van der Waals surface area (Å²) in [6.45, 7) is 3.59. The topological polar surface area (TPSA) is 79.5 Å². The van der Waals surface area contributed by atoms with Crippen molar-refractivity contribution in [3.63, 3.8) is 0 Å². The summed E-state index contributed by atoms with van der Waals surface area (Å²) in [5, 5.41) is 9.00. The second-order valence-electron chi connectivity index (χ2n) is 3.73. The Morgan fingerprint density at radius 1 is 1.56 bits per heavy atom. The van der Waals surface area contributed by atoms with Crippen LogP contribution in [0, 0.1) is 5.92 Å². The van der Waals surface area contributed by atoms with Crippen LogP contribution in [0.1, 0.15) is 20.3 Å². The molecule has 0 saturated carbocycles. The molecule has 0 unspecified atom stereocenters. The van der Waals surface area contributed by atoms with Gasteiger partial charge in [0.25, 0.3) is 10.0 Å². The summed E-state index contributed by atoms with van der Waals surface area (Å²) in [5.41, 5.74) is 0. The first-order chi connectivity index (χ1) is 7.51. The highest BCUT2D eigenvalue weighted by atomic mass is 32.2. The molecule has 0 fully saturated rings. The van der Waals surface area contributed by atoms with Crippen LogP contribution in [0.5, 0.6) is 0 Å². The van der Waals surface area contributed by atoms with Gasteiger partial charge in [0.15, 0.2) is 0 Å². The zero-order valence-corrected chi connectivity index (χ0v) is 10.2. The third-order valence-electron chi connectivity index (χ3n) is 2.59.